The van der Waals surface area contributed by atoms with Gasteiger partial charge in [-0.25, -0.2) is 0 Å². The van der Waals surface area contributed by atoms with Gasteiger partial charge in [-0.2, -0.15) is 0 Å². The van der Waals surface area contributed by atoms with E-state index < -0.39 is 0 Å². The van der Waals surface area contributed by atoms with Gasteiger partial charge in [-0.1, -0.05) is 53.5 Å². The molecule has 110 valence electrons. The summed E-state index contributed by atoms with van der Waals surface area (Å²) in [6.45, 7) is 2.38. The van der Waals surface area contributed by atoms with Crippen LogP contribution in [0.2, 0.25) is 10.0 Å². The molecule has 5 heteroatoms. The number of nitrogens with one attached hydrogen (secondary N) is 1. The molecule has 0 saturated carbocycles. The Labute approximate surface area is 134 Å². The van der Waals surface area contributed by atoms with Crippen molar-refractivity contribution in [2.24, 2.45) is 0 Å². The van der Waals surface area contributed by atoms with E-state index in [4.69, 9.17) is 23.2 Å². The number of carbonyl (C=O) groups is 1. The van der Waals surface area contributed by atoms with Gasteiger partial charge in [0.1, 0.15) is 6.04 Å². The highest BCUT2D eigenvalue weighted by Crippen LogP contribution is 2.25. The van der Waals surface area contributed by atoms with Crippen LogP contribution in [0.3, 0.4) is 0 Å². The maximum atomic E-state index is 12.0. The van der Waals surface area contributed by atoms with Crippen LogP contribution in [0.25, 0.3) is 0 Å². The molecule has 2 rings (SSSR count). The zero-order valence-electron chi connectivity index (χ0n) is 11.6. The summed E-state index contributed by atoms with van der Waals surface area (Å²) >= 11 is 11.9. The average molecular weight is 324 g/mol. The van der Waals surface area contributed by atoms with Gasteiger partial charge >= 0.3 is 0 Å². The number of carbonyl (C=O) groups excluding carboxylic acids is 1. The van der Waals surface area contributed by atoms with Gasteiger partial charge in [0.05, 0.1) is 10.7 Å². The Morgan fingerprint density at radius 1 is 1.19 bits per heavy atom. The maximum Gasteiger partial charge on any atom is 0.279 e. The number of nitrogens with two attached hydrogens (primary N) is 1. The Hall–Kier alpha value is -1.55. The fourth-order valence-corrected chi connectivity index (χ4v) is 2.31. The van der Waals surface area contributed by atoms with Gasteiger partial charge in [-0.3, -0.25) is 4.79 Å². The summed E-state index contributed by atoms with van der Waals surface area (Å²) in [5.74, 6) is -0.109. The fourth-order valence-electron chi connectivity index (χ4n) is 1.97. The first-order valence-electron chi connectivity index (χ1n) is 6.69. The average Bonchev–Trinajstić information content (AvgIpc) is 2.49. The second-order valence-electron chi connectivity index (χ2n) is 4.81. The van der Waals surface area contributed by atoms with Gasteiger partial charge in [0.2, 0.25) is 0 Å². The predicted octanol–water partition coefficient (Wildman–Crippen LogP) is 3.26. The standard InChI is InChI=1S/C16H16Cl2N2O/c1-11(12-5-3-2-4-6-12)19-10-16(21)20-15-9-13(17)7-8-14(15)18/h2-9,11,19H,10H2,1H3,(H,20,21)/p+1/t11-/m0/s1. The van der Waals surface area contributed by atoms with Crippen molar-refractivity contribution in [1.82, 2.24) is 0 Å². The molecule has 2 aromatic carbocycles. The van der Waals surface area contributed by atoms with Crippen molar-refractivity contribution < 1.29 is 10.1 Å². The van der Waals surface area contributed by atoms with Gasteiger partial charge in [0.15, 0.2) is 6.54 Å². The summed E-state index contributed by atoms with van der Waals surface area (Å²) in [5, 5.41) is 5.76. The highest BCUT2D eigenvalue weighted by molar-refractivity contribution is 6.35. The molecule has 0 saturated heterocycles. The van der Waals surface area contributed by atoms with E-state index in [0.29, 0.717) is 22.3 Å². The summed E-state index contributed by atoms with van der Waals surface area (Å²) in [5.41, 5.74) is 1.72. The third-order valence-corrected chi connectivity index (χ3v) is 3.75. The molecule has 3 N–H and O–H groups in total. The van der Waals surface area contributed by atoms with Crippen molar-refractivity contribution >= 4 is 34.8 Å². The van der Waals surface area contributed by atoms with Crippen LogP contribution < -0.4 is 10.6 Å². The van der Waals surface area contributed by atoms with E-state index in [2.05, 4.69) is 12.2 Å². The molecular formula is C16H17Cl2N2O+. The van der Waals surface area contributed by atoms with E-state index in [-0.39, 0.29) is 11.9 Å². The fraction of sp³-hybridized carbons (Fsp3) is 0.188. The molecule has 0 aromatic heterocycles. The predicted molar refractivity (Wildman–Crippen MR) is 86.7 cm³/mol. The van der Waals surface area contributed by atoms with Crippen molar-refractivity contribution in [3.05, 3.63) is 64.1 Å². The lowest BCUT2D eigenvalue weighted by Gasteiger charge is -2.11. The molecule has 0 unspecified atom stereocenters. The van der Waals surface area contributed by atoms with Crippen LogP contribution in [-0.4, -0.2) is 12.5 Å². The molecule has 21 heavy (non-hydrogen) atoms. The highest BCUT2D eigenvalue weighted by Gasteiger charge is 2.12. The van der Waals surface area contributed by atoms with Crippen LogP contribution >= 0.6 is 23.2 Å². The van der Waals surface area contributed by atoms with Gasteiger partial charge in [-0.15, -0.1) is 0 Å². The van der Waals surface area contributed by atoms with Crippen molar-refractivity contribution in [2.45, 2.75) is 13.0 Å². The number of anilines is 1. The molecule has 0 aliphatic rings. The van der Waals surface area contributed by atoms with E-state index >= 15 is 0 Å². The number of hydrogen-bond acceptors (Lipinski definition) is 1. The van der Waals surface area contributed by atoms with Crippen LogP contribution in [-0.2, 0) is 4.79 Å². The topological polar surface area (TPSA) is 45.7 Å². The Morgan fingerprint density at radius 2 is 1.90 bits per heavy atom. The molecule has 1 atom stereocenters. The van der Waals surface area contributed by atoms with E-state index in [1.807, 2.05) is 35.6 Å². The molecule has 0 heterocycles. The number of rotatable bonds is 5. The quantitative estimate of drug-likeness (QED) is 0.871. The smallest absolute Gasteiger partial charge is 0.279 e. The summed E-state index contributed by atoms with van der Waals surface area (Å²) in [7, 11) is 0. The SMILES string of the molecule is C[C@H]([NH2+]CC(=O)Nc1cc(Cl)ccc1Cl)c1ccccc1. The van der Waals surface area contributed by atoms with Crippen molar-refractivity contribution in [3.8, 4) is 0 Å². The molecule has 0 aliphatic carbocycles. The van der Waals surface area contributed by atoms with E-state index in [1.165, 1.54) is 5.56 Å². The van der Waals surface area contributed by atoms with Gasteiger partial charge in [-0.05, 0) is 25.1 Å². The normalized spacial score (nSPS) is 12.0. The van der Waals surface area contributed by atoms with Crippen molar-refractivity contribution in [3.63, 3.8) is 0 Å². The van der Waals surface area contributed by atoms with Crippen molar-refractivity contribution in [2.75, 3.05) is 11.9 Å². The first-order chi connectivity index (χ1) is 10.1. The molecule has 3 nitrogen and oxygen atoms in total. The molecule has 0 bridgehead atoms. The van der Waals surface area contributed by atoms with E-state index in [0.717, 1.165) is 0 Å². The van der Waals surface area contributed by atoms with Crippen LogP contribution in [0.15, 0.2) is 48.5 Å². The minimum absolute atomic E-state index is 0.109. The van der Waals surface area contributed by atoms with E-state index in [1.54, 1.807) is 18.2 Å². The molecule has 0 spiro atoms. The Bertz CT molecular complexity index is 617. The molecule has 0 radical (unpaired) electrons. The zero-order chi connectivity index (χ0) is 15.2. The summed E-state index contributed by atoms with van der Waals surface area (Å²) in [6.07, 6.45) is 0. The van der Waals surface area contributed by atoms with Crippen molar-refractivity contribution in [1.29, 1.82) is 0 Å². The summed E-state index contributed by atoms with van der Waals surface area (Å²) in [6, 6.07) is 15.3. The molecule has 0 aliphatic heterocycles. The number of quaternary nitrogens is 1. The monoisotopic (exact) mass is 323 g/mol. The second-order valence-corrected chi connectivity index (χ2v) is 5.66. The minimum Gasteiger partial charge on any atom is -0.333 e. The van der Waals surface area contributed by atoms with Crippen LogP contribution in [0.4, 0.5) is 5.69 Å². The number of hydrogen-bond donors (Lipinski definition) is 2. The lowest BCUT2D eigenvalue weighted by Crippen LogP contribution is -2.86. The van der Waals surface area contributed by atoms with E-state index in [9.17, 15) is 4.79 Å². The first kappa shape index (κ1) is 15.8. The lowest BCUT2D eigenvalue weighted by atomic mass is 10.1. The Balaban J connectivity index is 1.89. The van der Waals surface area contributed by atoms with Gasteiger partial charge < -0.3 is 10.6 Å². The zero-order valence-corrected chi connectivity index (χ0v) is 13.2. The first-order valence-corrected chi connectivity index (χ1v) is 7.45. The largest absolute Gasteiger partial charge is 0.333 e. The van der Waals surface area contributed by atoms with Gasteiger partial charge in [0.25, 0.3) is 5.91 Å². The van der Waals surface area contributed by atoms with Crippen LogP contribution in [0, 0.1) is 0 Å². The molecule has 1 amide bonds. The minimum atomic E-state index is -0.109. The Morgan fingerprint density at radius 3 is 2.62 bits per heavy atom. The Kier molecular flexibility index (Phi) is 5.62. The molecule has 2 aromatic rings. The molecular weight excluding hydrogens is 307 g/mol. The van der Waals surface area contributed by atoms with Crippen LogP contribution in [0.5, 0.6) is 0 Å². The third kappa shape index (κ3) is 4.74. The number of amides is 1. The third-order valence-electron chi connectivity index (χ3n) is 3.18. The molecule has 0 fully saturated rings. The summed E-state index contributed by atoms with van der Waals surface area (Å²) < 4.78 is 0. The highest BCUT2D eigenvalue weighted by atomic mass is 35.5. The number of halogens is 2. The van der Waals surface area contributed by atoms with Gasteiger partial charge in [0, 0.05) is 10.6 Å². The number of benzene rings is 2. The van der Waals surface area contributed by atoms with Crippen LogP contribution in [0.1, 0.15) is 18.5 Å². The summed E-state index contributed by atoms with van der Waals surface area (Å²) in [4.78, 5) is 12.0. The maximum absolute atomic E-state index is 12.0. The second kappa shape index (κ2) is 7.46. The lowest BCUT2D eigenvalue weighted by molar-refractivity contribution is -0.682.